The summed E-state index contributed by atoms with van der Waals surface area (Å²) >= 11 is 0. The van der Waals surface area contributed by atoms with Crippen LogP contribution in [0.5, 0.6) is 0 Å². The number of methoxy groups -OCH3 is 2. The number of benzene rings is 1. The van der Waals surface area contributed by atoms with E-state index in [1.807, 2.05) is 0 Å². The summed E-state index contributed by atoms with van der Waals surface area (Å²) in [6.07, 6.45) is 0.937. The number of carbonyl (C=O) groups is 2. The fourth-order valence-electron chi connectivity index (χ4n) is 2.16. The van der Waals surface area contributed by atoms with Crippen LogP contribution in [-0.2, 0) is 33.2 Å². The second-order valence-electron chi connectivity index (χ2n) is 5.20. The topological polar surface area (TPSA) is 114 Å². The van der Waals surface area contributed by atoms with Crippen molar-refractivity contribution in [1.82, 2.24) is 13.9 Å². The number of ether oxygens (including phenoxy) is 2. The van der Waals surface area contributed by atoms with Gasteiger partial charge in [0.05, 0.1) is 26.0 Å². The van der Waals surface area contributed by atoms with Crippen molar-refractivity contribution in [2.24, 2.45) is 14.1 Å². The van der Waals surface area contributed by atoms with E-state index in [1.54, 1.807) is 18.2 Å². The Hall–Kier alpha value is -3.56. The van der Waals surface area contributed by atoms with Crippen LogP contribution in [0, 0.1) is 0 Å². The molecule has 10 heteroatoms. The number of nitrogens with zero attached hydrogens (tertiary/aromatic N) is 3. The number of anilines is 1. The van der Waals surface area contributed by atoms with E-state index >= 15 is 0 Å². The molecule has 0 spiro atoms. The van der Waals surface area contributed by atoms with Gasteiger partial charge < -0.3 is 14.8 Å². The molecule has 0 radical (unpaired) electrons. The maximum absolute atomic E-state index is 12.2. The fourth-order valence-corrected chi connectivity index (χ4v) is 2.16. The lowest BCUT2D eigenvalue weighted by atomic mass is 10.2. The first-order valence-corrected chi connectivity index (χ1v) is 7.40. The third-order valence-electron chi connectivity index (χ3n) is 3.64. The van der Waals surface area contributed by atoms with E-state index in [0.29, 0.717) is 11.4 Å². The highest BCUT2D eigenvalue weighted by Crippen LogP contribution is 2.15. The predicted octanol–water partition coefficient (Wildman–Crippen LogP) is -0.483. The summed E-state index contributed by atoms with van der Waals surface area (Å²) in [6, 6.07) is 6.23. The van der Waals surface area contributed by atoms with Gasteiger partial charge in [-0.1, -0.05) is 6.07 Å². The summed E-state index contributed by atoms with van der Waals surface area (Å²) in [5, 5.41) is 2.72. The molecule has 0 aliphatic rings. The second kappa shape index (κ2) is 7.55. The first-order valence-electron chi connectivity index (χ1n) is 7.40. The maximum atomic E-state index is 12.2. The molecule has 0 bridgehead atoms. The van der Waals surface area contributed by atoms with E-state index in [1.165, 1.54) is 43.7 Å². The summed E-state index contributed by atoms with van der Waals surface area (Å²) in [5.74, 6) is -1.53. The Morgan fingerprint density at radius 3 is 2.19 bits per heavy atom. The molecule has 0 aliphatic carbocycles. The van der Waals surface area contributed by atoms with Crippen LogP contribution in [0.25, 0.3) is 5.69 Å². The lowest BCUT2D eigenvalue weighted by molar-refractivity contribution is -0.138. The van der Waals surface area contributed by atoms with Gasteiger partial charge in [0.1, 0.15) is 5.70 Å². The Bertz CT molecular complexity index is 961. The monoisotopic (exact) mass is 362 g/mol. The zero-order valence-electron chi connectivity index (χ0n) is 14.7. The standard InChI is InChI=1S/C16H18N4O6/c1-18-15(23)20(16(24)19(18)2)11-7-5-6-10(8-11)17-12(14(22)26-4)9-13(21)25-3/h5-9,17H,1-4H3/b12-9+. The summed E-state index contributed by atoms with van der Waals surface area (Å²) in [7, 11) is 5.28. The molecular formula is C16H18N4O6. The molecule has 10 nitrogen and oxygen atoms in total. The van der Waals surface area contributed by atoms with Gasteiger partial charge in [0.2, 0.25) is 0 Å². The molecule has 1 aromatic heterocycles. The third kappa shape index (κ3) is 3.58. The van der Waals surface area contributed by atoms with Gasteiger partial charge in [0, 0.05) is 19.8 Å². The molecule has 2 rings (SSSR count). The number of rotatable bonds is 5. The molecule has 26 heavy (non-hydrogen) atoms. The van der Waals surface area contributed by atoms with Crippen molar-refractivity contribution in [2.45, 2.75) is 0 Å². The lowest BCUT2D eigenvalue weighted by Gasteiger charge is -2.10. The quantitative estimate of drug-likeness (QED) is 0.564. The first kappa shape index (κ1) is 18.8. The van der Waals surface area contributed by atoms with E-state index in [0.717, 1.165) is 10.6 Å². The number of esters is 2. The van der Waals surface area contributed by atoms with Gasteiger partial charge in [0.25, 0.3) is 0 Å². The number of aromatic nitrogens is 3. The molecule has 1 aromatic carbocycles. The molecule has 0 atom stereocenters. The number of nitrogens with one attached hydrogen (secondary N) is 1. The van der Waals surface area contributed by atoms with Crippen LogP contribution in [-0.4, -0.2) is 40.1 Å². The summed E-state index contributed by atoms with van der Waals surface area (Å²) in [4.78, 5) is 47.7. The van der Waals surface area contributed by atoms with Gasteiger partial charge in [-0.3, -0.25) is 0 Å². The van der Waals surface area contributed by atoms with Crippen molar-refractivity contribution < 1.29 is 19.1 Å². The smallest absolute Gasteiger partial charge is 0.354 e. The van der Waals surface area contributed by atoms with E-state index in [9.17, 15) is 19.2 Å². The number of hydrogen-bond acceptors (Lipinski definition) is 7. The lowest BCUT2D eigenvalue weighted by Crippen LogP contribution is -2.26. The van der Waals surface area contributed by atoms with Crippen molar-refractivity contribution in [3.63, 3.8) is 0 Å². The molecule has 0 aliphatic heterocycles. The molecule has 0 fully saturated rings. The zero-order valence-corrected chi connectivity index (χ0v) is 14.7. The number of hydrogen-bond donors (Lipinski definition) is 1. The Kier molecular flexibility index (Phi) is 5.45. The van der Waals surface area contributed by atoms with Gasteiger partial charge in [-0.05, 0) is 18.2 Å². The highest BCUT2D eigenvalue weighted by molar-refractivity contribution is 5.98. The molecule has 1 heterocycles. The Labute approximate surface area is 147 Å². The van der Waals surface area contributed by atoms with E-state index in [2.05, 4.69) is 14.8 Å². The minimum absolute atomic E-state index is 0.162. The molecule has 138 valence electrons. The van der Waals surface area contributed by atoms with Crippen LogP contribution >= 0.6 is 0 Å². The molecule has 2 aromatic rings. The van der Waals surface area contributed by atoms with Crippen LogP contribution < -0.4 is 16.7 Å². The van der Waals surface area contributed by atoms with Gasteiger partial charge in [-0.25, -0.2) is 33.1 Å². The SMILES string of the molecule is COC(=O)/C=C(/Nc1cccc(-n2c(=O)n(C)n(C)c2=O)c1)C(=O)OC. The minimum Gasteiger partial charge on any atom is -0.466 e. The average molecular weight is 362 g/mol. The van der Waals surface area contributed by atoms with Crippen LogP contribution in [0.3, 0.4) is 0 Å². The third-order valence-corrected chi connectivity index (χ3v) is 3.64. The fraction of sp³-hybridized carbons (Fsp3) is 0.250. The Morgan fingerprint density at radius 1 is 1.04 bits per heavy atom. The van der Waals surface area contributed by atoms with E-state index in [4.69, 9.17) is 0 Å². The second-order valence-corrected chi connectivity index (χ2v) is 5.20. The first-order chi connectivity index (χ1) is 12.3. The normalized spacial score (nSPS) is 11.2. The molecule has 1 N–H and O–H groups in total. The number of carbonyl (C=O) groups excluding carboxylic acids is 2. The molecule has 0 unspecified atom stereocenters. The minimum atomic E-state index is -0.784. The zero-order chi connectivity index (χ0) is 19.4. The highest BCUT2D eigenvalue weighted by atomic mass is 16.5. The van der Waals surface area contributed by atoms with E-state index < -0.39 is 23.3 Å². The summed E-state index contributed by atoms with van der Waals surface area (Å²) < 4.78 is 12.4. The summed E-state index contributed by atoms with van der Waals surface area (Å²) in [5.41, 5.74) is -0.546. The van der Waals surface area contributed by atoms with E-state index in [-0.39, 0.29) is 5.70 Å². The van der Waals surface area contributed by atoms with Crippen LogP contribution in [0.1, 0.15) is 0 Å². The van der Waals surface area contributed by atoms with Gasteiger partial charge in [0.15, 0.2) is 0 Å². The van der Waals surface area contributed by atoms with Gasteiger partial charge in [-0.2, -0.15) is 0 Å². The van der Waals surface area contributed by atoms with Crippen LogP contribution in [0.15, 0.2) is 45.6 Å². The van der Waals surface area contributed by atoms with Crippen LogP contribution in [0.4, 0.5) is 5.69 Å². The maximum Gasteiger partial charge on any atom is 0.354 e. The van der Waals surface area contributed by atoms with Gasteiger partial charge >= 0.3 is 23.3 Å². The molecule has 0 saturated carbocycles. The van der Waals surface area contributed by atoms with Crippen molar-refractivity contribution >= 4 is 17.6 Å². The predicted molar refractivity (Wildman–Crippen MR) is 92.0 cm³/mol. The average Bonchev–Trinajstić information content (AvgIpc) is 2.83. The van der Waals surface area contributed by atoms with Gasteiger partial charge in [-0.15, -0.1) is 0 Å². The van der Waals surface area contributed by atoms with Crippen molar-refractivity contribution in [1.29, 1.82) is 0 Å². The summed E-state index contributed by atoms with van der Waals surface area (Å²) in [6.45, 7) is 0. The Morgan fingerprint density at radius 2 is 1.65 bits per heavy atom. The molecular weight excluding hydrogens is 344 g/mol. The highest BCUT2D eigenvalue weighted by Gasteiger charge is 2.15. The Balaban J connectivity index is 2.47. The van der Waals surface area contributed by atoms with Crippen LogP contribution in [0.2, 0.25) is 0 Å². The molecule has 0 saturated heterocycles. The van der Waals surface area contributed by atoms with Crippen molar-refractivity contribution in [2.75, 3.05) is 19.5 Å². The van der Waals surface area contributed by atoms with Crippen molar-refractivity contribution in [3.8, 4) is 5.69 Å². The van der Waals surface area contributed by atoms with Crippen molar-refractivity contribution in [3.05, 3.63) is 57.0 Å². The largest absolute Gasteiger partial charge is 0.466 e. The molecule has 0 amide bonds.